The van der Waals surface area contributed by atoms with E-state index in [9.17, 15) is 0 Å². The van der Waals surface area contributed by atoms with Crippen molar-refractivity contribution in [3.8, 4) is 0 Å². The summed E-state index contributed by atoms with van der Waals surface area (Å²) in [6.45, 7) is 1.72. The van der Waals surface area contributed by atoms with Gasteiger partial charge in [0.2, 0.25) is 0 Å². The van der Waals surface area contributed by atoms with Crippen LogP contribution in [0.4, 0.5) is 0 Å². The Bertz CT molecular complexity index is 188. The van der Waals surface area contributed by atoms with E-state index in [1.807, 2.05) is 12.1 Å². The summed E-state index contributed by atoms with van der Waals surface area (Å²) in [6.07, 6.45) is 1.31. The van der Waals surface area contributed by atoms with Crippen molar-refractivity contribution in [2.75, 3.05) is 0 Å². The normalized spacial score (nSPS) is 13.0. The van der Waals surface area contributed by atoms with E-state index in [-0.39, 0.29) is 6.10 Å². The van der Waals surface area contributed by atoms with E-state index in [0.29, 0.717) is 0 Å². The molecule has 1 heterocycles. The Balaban J connectivity index is 2.75. The molecule has 3 heteroatoms. The Hall–Kier alpha value is -0.930. The van der Waals surface area contributed by atoms with Crippen LogP contribution < -0.4 is 0 Å². The van der Waals surface area contributed by atoms with Crippen LogP contribution in [0.15, 0.2) is 24.4 Å². The summed E-state index contributed by atoms with van der Waals surface area (Å²) in [7, 11) is 0. The quantitative estimate of drug-likeness (QED) is 0.500. The fraction of sp³-hybridized carbons (Fsp3) is 0.286. The van der Waals surface area contributed by atoms with E-state index in [0.717, 1.165) is 5.69 Å². The van der Waals surface area contributed by atoms with Crippen molar-refractivity contribution < 1.29 is 10.1 Å². The molecule has 0 aromatic carbocycles. The van der Waals surface area contributed by atoms with Crippen molar-refractivity contribution in [1.29, 1.82) is 0 Å². The van der Waals surface area contributed by atoms with Gasteiger partial charge in [0.05, 0.1) is 5.69 Å². The van der Waals surface area contributed by atoms with Crippen molar-refractivity contribution in [2.24, 2.45) is 0 Å². The van der Waals surface area contributed by atoms with Crippen LogP contribution in [0.1, 0.15) is 18.7 Å². The third-order valence-corrected chi connectivity index (χ3v) is 1.26. The van der Waals surface area contributed by atoms with Gasteiger partial charge >= 0.3 is 0 Å². The third-order valence-electron chi connectivity index (χ3n) is 1.26. The summed E-state index contributed by atoms with van der Waals surface area (Å²) < 4.78 is 0. The second-order valence-electron chi connectivity index (χ2n) is 2.00. The number of rotatable bonds is 2. The maximum atomic E-state index is 8.25. The van der Waals surface area contributed by atoms with Crippen molar-refractivity contribution >= 4 is 0 Å². The fourth-order valence-corrected chi connectivity index (χ4v) is 0.670. The summed E-state index contributed by atoms with van der Waals surface area (Å²) in [5.41, 5.74) is 0.727. The van der Waals surface area contributed by atoms with Crippen LogP contribution in [-0.4, -0.2) is 10.2 Å². The summed E-state index contributed by atoms with van der Waals surface area (Å²) >= 11 is 0. The van der Waals surface area contributed by atoms with Crippen LogP contribution in [0.2, 0.25) is 0 Å². The van der Waals surface area contributed by atoms with Crippen LogP contribution >= 0.6 is 0 Å². The van der Waals surface area contributed by atoms with Crippen LogP contribution in [-0.2, 0) is 4.89 Å². The lowest BCUT2D eigenvalue weighted by Gasteiger charge is -2.04. The van der Waals surface area contributed by atoms with E-state index in [2.05, 4.69) is 9.87 Å². The Morgan fingerprint density at radius 3 is 2.90 bits per heavy atom. The van der Waals surface area contributed by atoms with E-state index in [4.69, 9.17) is 5.26 Å². The summed E-state index contributed by atoms with van der Waals surface area (Å²) in [5, 5.41) is 8.25. The number of aromatic nitrogens is 1. The van der Waals surface area contributed by atoms with Gasteiger partial charge in [-0.2, -0.15) is 0 Å². The zero-order valence-corrected chi connectivity index (χ0v) is 5.69. The number of hydrogen-bond acceptors (Lipinski definition) is 3. The van der Waals surface area contributed by atoms with Gasteiger partial charge in [-0.15, -0.1) is 0 Å². The van der Waals surface area contributed by atoms with Crippen LogP contribution in [0.5, 0.6) is 0 Å². The first-order chi connectivity index (χ1) is 4.84. The van der Waals surface area contributed by atoms with Gasteiger partial charge < -0.3 is 0 Å². The minimum Gasteiger partial charge on any atom is -0.258 e. The number of hydrogen-bond donors (Lipinski definition) is 1. The Kier molecular flexibility index (Phi) is 2.36. The SMILES string of the molecule is CC(OO)c1ccccn1. The van der Waals surface area contributed by atoms with E-state index in [1.165, 1.54) is 0 Å². The lowest BCUT2D eigenvalue weighted by Crippen LogP contribution is -1.97. The fourth-order valence-electron chi connectivity index (χ4n) is 0.670. The molecule has 0 fully saturated rings. The highest BCUT2D eigenvalue weighted by atomic mass is 17.1. The molecule has 10 heavy (non-hydrogen) atoms. The average molecular weight is 139 g/mol. The molecule has 1 aromatic rings. The molecule has 0 bridgehead atoms. The predicted octanol–water partition coefficient (Wildman–Crippen LogP) is 1.63. The van der Waals surface area contributed by atoms with Crippen LogP contribution in [0.3, 0.4) is 0 Å². The third kappa shape index (κ3) is 1.52. The maximum Gasteiger partial charge on any atom is 0.132 e. The monoisotopic (exact) mass is 139 g/mol. The first kappa shape index (κ1) is 7.18. The zero-order chi connectivity index (χ0) is 7.40. The molecule has 0 saturated heterocycles. The molecule has 1 unspecified atom stereocenters. The molecule has 0 aliphatic carbocycles. The highest BCUT2D eigenvalue weighted by Gasteiger charge is 2.03. The van der Waals surface area contributed by atoms with Gasteiger partial charge in [0.15, 0.2) is 0 Å². The number of pyridine rings is 1. The van der Waals surface area contributed by atoms with Crippen molar-refractivity contribution in [1.82, 2.24) is 4.98 Å². The molecule has 0 saturated carbocycles. The summed E-state index contributed by atoms with van der Waals surface area (Å²) in [4.78, 5) is 8.04. The number of nitrogens with zero attached hydrogens (tertiary/aromatic N) is 1. The molecule has 1 rings (SSSR count). The van der Waals surface area contributed by atoms with Crippen molar-refractivity contribution in [3.63, 3.8) is 0 Å². The molecular formula is C7H9NO2. The molecule has 1 aromatic heterocycles. The standard InChI is InChI=1S/C7H9NO2/c1-6(10-9)7-4-2-3-5-8-7/h2-6,9H,1H3. The second-order valence-corrected chi connectivity index (χ2v) is 2.00. The molecule has 3 nitrogen and oxygen atoms in total. The van der Waals surface area contributed by atoms with Gasteiger partial charge in [0, 0.05) is 6.20 Å². The Morgan fingerprint density at radius 1 is 1.60 bits per heavy atom. The van der Waals surface area contributed by atoms with E-state index >= 15 is 0 Å². The minimum absolute atomic E-state index is 0.346. The molecule has 0 amide bonds. The molecule has 0 aliphatic rings. The Morgan fingerprint density at radius 2 is 2.40 bits per heavy atom. The topological polar surface area (TPSA) is 42.4 Å². The molecular weight excluding hydrogens is 130 g/mol. The van der Waals surface area contributed by atoms with Gasteiger partial charge in [0.25, 0.3) is 0 Å². The van der Waals surface area contributed by atoms with Crippen LogP contribution in [0.25, 0.3) is 0 Å². The highest BCUT2D eigenvalue weighted by molar-refractivity contribution is 5.05. The van der Waals surface area contributed by atoms with Gasteiger partial charge in [-0.1, -0.05) is 6.07 Å². The van der Waals surface area contributed by atoms with Gasteiger partial charge in [-0.05, 0) is 19.1 Å². The molecule has 1 atom stereocenters. The van der Waals surface area contributed by atoms with Gasteiger partial charge in [-0.3, -0.25) is 10.2 Å². The average Bonchev–Trinajstić information content (AvgIpc) is 2.05. The second kappa shape index (κ2) is 3.29. The maximum absolute atomic E-state index is 8.25. The first-order valence-electron chi connectivity index (χ1n) is 3.05. The van der Waals surface area contributed by atoms with Crippen molar-refractivity contribution in [3.05, 3.63) is 30.1 Å². The highest BCUT2D eigenvalue weighted by Crippen LogP contribution is 2.10. The largest absolute Gasteiger partial charge is 0.258 e. The summed E-state index contributed by atoms with van der Waals surface area (Å²) in [5.74, 6) is 0. The predicted molar refractivity (Wildman–Crippen MR) is 36.4 cm³/mol. The smallest absolute Gasteiger partial charge is 0.132 e. The molecule has 0 aliphatic heterocycles. The lowest BCUT2D eigenvalue weighted by atomic mass is 10.2. The Labute approximate surface area is 59.2 Å². The van der Waals surface area contributed by atoms with E-state index < -0.39 is 0 Å². The van der Waals surface area contributed by atoms with Crippen molar-refractivity contribution in [2.45, 2.75) is 13.0 Å². The minimum atomic E-state index is -0.346. The first-order valence-corrected chi connectivity index (χ1v) is 3.05. The van der Waals surface area contributed by atoms with E-state index in [1.54, 1.807) is 19.2 Å². The molecule has 0 spiro atoms. The lowest BCUT2D eigenvalue weighted by molar-refractivity contribution is -0.277. The summed E-state index contributed by atoms with van der Waals surface area (Å²) in [6, 6.07) is 5.45. The molecule has 1 N–H and O–H groups in total. The zero-order valence-electron chi connectivity index (χ0n) is 5.69. The molecule has 54 valence electrons. The molecule has 0 radical (unpaired) electrons. The van der Waals surface area contributed by atoms with Gasteiger partial charge in [0.1, 0.15) is 6.10 Å². The van der Waals surface area contributed by atoms with Gasteiger partial charge in [-0.25, -0.2) is 4.89 Å². The van der Waals surface area contributed by atoms with Crippen LogP contribution in [0, 0.1) is 0 Å².